The van der Waals surface area contributed by atoms with Gasteiger partial charge in [0.15, 0.2) is 0 Å². The van der Waals surface area contributed by atoms with E-state index in [1.807, 2.05) is 0 Å². The van der Waals surface area contributed by atoms with Crippen LogP contribution in [0, 0.1) is 0 Å². The fourth-order valence-electron chi connectivity index (χ4n) is 2.65. The van der Waals surface area contributed by atoms with E-state index in [0.29, 0.717) is 17.5 Å². The maximum Gasteiger partial charge on any atom is 0.267 e. The van der Waals surface area contributed by atoms with Crippen molar-refractivity contribution in [3.05, 3.63) is 23.0 Å². The van der Waals surface area contributed by atoms with Crippen LogP contribution < -0.4 is 15.2 Å². The Bertz CT molecular complexity index is 703. The summed E-state index contributed by atoms with van der Waals surface area (Å²) in [5.74, 6) is 0.317. The summed E-state index contributed by atoms with van der Waals surface area (Å²) in [7, 11) is 2.99. The summed E-state index contributed by atoms with van der Waals surface area (Å²) in [6, 6.07) is 1.55. The Labute approximate surface area is 127 Å². The number of amides is 1. The minimum absolute atomic E-state index is 0.208. The molecule has 0 radical (unpaired) electrons. The van der Waals surface area contributed by atoms with Gasteiger partial charge in [0, 0.05) is 5.56 Å². The summed E-state index contributed by atoms with van der Waals surface area (Å²) in [6.45, 7) is 0. The van der Waals surface area contributed by atoms with E-state index in [1.165, 1.54) is 18.9 Å². The number of carbonyl (C=O) groups is 1. The van der Waals surface area contributed by atoms with Crippen LogP contribution in [0.25, 0.3) is 5.95 Å². The quantitative estimate of drug-likeness (QED) is 0.889. The van der Waals surface area contributed by atoms with Crippen molar-refractivity contribution in [2.24, 2.45) is 5.73 Å². The highest BCUT2D eigenvalue weighted by Gasteiger charge is 2.26. The highest BCUT2D eigenvalue weighted by molar-refractivity contribution is 5.93. The molecule has 0 saturated heterocycles. The molecule has 1 aliphatic rings. The molecule has 2 aromatic heterocycles. The third-order valence-corrected chi connectivity index (χ3v) is 3.67. The average Bonchev–Trinajstić information content (AvgIpc) is 2.94. The molecule has 0 atom stereocenters. The molecule has 0 bridgehead atoms. The Morgan fingerprint density at radius 1 is 1.18 bits per heavy atom. The Balaban J connectivity index is 2.19. The molecule has 2 aromatic rings. The van der Waals surface area contributed by atoms with E-state index in [9.17, 15) is 4.79 Å². The van der Waals surface area contributed by atoms with Crippen LogP contribution >= 0.6 is 0 Å². The lowest BCUT2D eigenvalue weighted by atomic mass is 9.96. The second-order valence-electron chi connectivity index (χ2n) is 5.01. The predicted molar refractivity (Wildman–Crippen MR) is 77.4 cm³/mol. The van der Waals surface area contributed by atoms with E-state index < -0.39 is 5.91 Å². The first-order valence-corrected chi connectivity index (χ1v) is 7.02. The zero-order valence-electron chi connectivity index (χ0n) is 12.5. The number of primary amides is 1. The van der Waals surface area contributed by atoms with Crippen molar-refractivity contribution in [1.82, 2.24) is 19.7 Å². The van der Waals surface area contributed by atoms with Crippen LogP contribution in [0.5, 0.6) is 11.8 Å². The average molecular weight is 303 g/mol. The van der Waals surface area contributed by atoms with E-state index >= 15 is 0 Å². The fraction of sp³-hybridized carbons (Fsp3) is 0.429. The molecule has 2 heterocycles. The molecule has 116 valence electrons. The molecule has 8 heteroatoms. The van der Waals surface area contributed by atoms with Gasteiger partial charge in [0.2, 0.25) is 11.8 Å². The summed E-state index contributed by atoms with van der Waals surface area (Å²) in [6.07, 6.45) is 3.67. The molecule has 0 spiro atoms. The maximum atomic E-state index is 11.9. The minimum atomic E-state index is -0.541. The van der Waals surface area contributed by atoms with Gasteiger partial charge in [0.05, 0.1) is 26.0 Å². The molecule has 22 heavy (non-hydrogen) atoms. The summed E-state index contributed by atoms with van der Waals surface area (Å²) in [5.41, 5.74) is 7.65. The monoisotopic (exact) mass is 303 g/mol. The third-order valence-electron chi connectivity index (χ3n) is 3.67. The van der Waals surface area contributed by atoms with Crippen molar-refractivity contribution in [2.45, 2.75) is 25.7 Å². The first-order chi connectivity index (χ1) is 10.6. The minimum Gasteiger partial charge on any atom is -0.481 e. The zero-order valence-corrected chi connectivity index (χ0v) is 12.5. The van der Waals surface area contributed by atoms with Gasteiger partial charge < -0.3 is 15.2 Å². The molecule has 0 aromatic carbocycles. The molecule has 0 unspecified atom stereocenters. The van der Waals surface area contributed by atoms with E-state index in [1.54, 1.807) is 6.07 Å². The molecular formula is C14H17N5O3. The normalized spacial score (nSPS) is 13.5. The largest absolute Gasteiger partial charge is 0.481 e. The van der Waals surface area contributed by atoms with Crippen LogP contribution in [-0.4, -0.2) is 39.9 Å². The number of aromatic nitrogens is 4. The number of ether oxygens (including phenoxy) is 2. The van der Waals surface area contributed by atoms with Gasteiger partial charge in [-0.25, -0.2) is 0 Å². The number of hydrogen-bond donors (Lipinski definition) is 1. The molecule has 2 N–H and O–H groups in total. The fourth-order valence-corrected chi connectivity index (χ4v) is 2.65. The van der Waals surface area contributed by atoms with Crippen molar-refractivity contribution in [3.63, 3.8) is 0 Å². The number of carbonyl (C=O) groups excluding carboxylic acids is 1. The highest BCUT2D eigenvalue weighted by Crippen LogP contribution is 2.26. The van der Waals surface area contributed by atoms with Crippen LogP contribution in [0.2, 0.25) is 0 Å². The topological polar surface area (TPSA) is 105 Å². The van der Waals surface area contributed by atoms with E-state index in [0.717, 1.165) is 36.9 Å². The lowest BCUT2D eigenvalue weighted by Crippen LogP contribution is -2.20. The molecule has 0 aliphatic heterocycles. The van der Waals surface area contributed by atoms with Crippen molar-refractivity contribution in [3.8, 4) is 17.7 Å². The van der Waals surface area contributed by atoms with Gasteiger partial charge in [-0.05, 0) is 25.7 Å². The maximum absolute atomic E-state index is 11.9. The lowest BCUT2D eigenvalue weighted by Gasteiger charge is -2.10. The van der Waals surface area contributed by atoms with Gasteiger partial charge in [-0.1, -0.05) is 0 Å². The highest BCUT2D eigenvalue weighted by atomic mass is 16.5. The summed E-state index contributed by atoms with van der Waals surface area (Å²) in [5, 5.41) is 4.47. The predicted octanol–water partition coefficient (Wildman–Crippen LogP) is 0.657. The van der Waals surface area contributed by atoms with E-state index in [4.69, 9.17) is 15.2 Å². The molecule has 1 aliphatic carbocycles. The molecule has 8 nitrogen and oxygen atoms in total. The van der Waals surface area contributed by atoms with Crippen LogP contribution in [-0.2, 0) is 12.8 Å². The second-order valence-corrected chi connectivity index (χ2v) is 5.01. The number of methoxy groups -OCH3 is 2. The zero-order chi connectivity index (χ0) is 15.7. The molecule has 0 fully saturated rings. The number of nitrogens with zero attached hydrogens (tertiary/aromatic N) is 4. The van der Waals surface area contributed by atoms with Crippen molar-refractivity contribution < 1.29 is 14.3 Å². The Hall–Kier alpha value is -2.64. The second kappa shape index (κ2) is 5.63. The smallest absolute Gasteiger partial charge is 0.267 e. The van der Waals surface area contributed by atoms with Crippen molar-refractivity contribution >= 4 is 5.91 Å². The van der Waals surface area contributed by atoms with Crippen LogP contribution in [0.3, 0.4) is 0 Å². The first kappa shape index (κ1) is 14.3. The van der Waals surface area contributed by atoms with E-state index in [2.05, 4.69) is 15.1 Å². The van der Waals surface area contributed by atoms with Crippen LogP contribution in [0.15, 0.2) is 6.07 Å². The van der Waals surface area contributed by atoms with Gasteiger partial charge >= 0.3 is 0 Å². The van der Waals surface area contributed by atoms with Crippen molar-refractivity contribution in [1.29, 1.82) is 0 Å². The molecule has 1 amide bonds. The summed E-state index contributed by atoms with van der Waals surface area (Å²) >= 11 is 0. The van der Waals surface area contributed by atoms with Gasteiger partial charge in [-0.2, -0.15) is 19.7 Å². The lowest BCUT2D eigenvalue weighted by molar-refractivity contribution is 0.0991. The number of fused-ring (bicyclic) bond motifs is 1. The van der Waals surface area contributed by atoms with Crippen LogP contribution in [0.1, 0.15) is 34.6 Å². The molecule has 3 rings (SSSR count). The van der Waals surface area contributed by atoms with Gasteiger partial charge in [-0.15, -0.1) is 0 Å². The van der Waals surface area contributed by atoms with Gasteiger partial charge in [0.1, 0.15) is 5.69 Å². The number of nitrogens with two attached hydrogens (primary N) is 1. The third kappa shape index (κ3) is 2.36. The number of hydrogen-bond acceptors (Lipinski definition) is 6. The SMILES string of the molecule is COc1cc(OC)nc(-n2nc3c(c2C(N)=O)CCCC3)n1. The van der Waals surface area contributed by atoms with E-state index in [-0.39, 0.29) is 5.95 Å². The van der Waals surface area contributed by atoms with Gasteiger partial charge in [-0.3, -0.25) is 4.79 Å². The Kier molecular flexibility index (Phi) is 3.66. The van der Waals surface area contributed by atoms with Crippen molar-refractivity contribution in [2.75, 3.05) is 14.2 Å². The standard InChI is InChI=1S/C14H17N5O3/c1-21-10-7-11(22-2)17-14(16-10)19-12(13(15)20)8-5-3-4-6-9(8)18-19/h7H,3-6H2,1-2H3,(H2,15,20). The Morgan fingerprint density at radius 3 is 2.41 bits per heavy atom. The molecule has 0 saturated carbocycles. The number of rotatable bonds is 4. The summed E-state index contributed by atoms with van der Waals surface area (Å²) < 4.78 is 11.7. The summed E-state index contributed by atoms with van der Waals surface area (Å²) in [4.78, 5) is 20.4. The van der Waals surface area contributed by atoms with Gasteiger partial charge in [0.25, 0.3) is 11.9 Å². The first-order valence-electron chi connectivity index (χ1n) is 7.02. The number of aryl methyl sites for hydroxylation is 1. The molecular weight excluding hydrogens is 286 g/mol. The Morgan fingerprint density at radius 2 is 1.82 bits per heavy atom. The van der Waals surface area contributed by atoms with Crippen LogP contribution in [0.4, 0.5) is 0 Å².